The SMILES string of the molecule is CC1CCC(N(C)C(=O)CCCOc2ccccc2)CC1. The van der Waals surface area contributed by atoms with Crippen molar-refractivity contribution in [2.45, 2.75) is 51.5 Å². The highest BCUT2D eigenvalue weighted by Crippen LogP contribution is 2.26. The molecule has 1 saturated carbocycles. The van der Waals surface area contributed by atoms with Crippen LogP contribution >= 0.6 is 0 Å². The van der Waals surface area contributed by atoms with E-state index in [4.69, 9.17) is 4.74 Å². The lowest BCUT2D eigenvalue weighted by atomic mass is 9.86. The lowest BCUT2D eigenvalue weighted by molar-refractivity contribution is -0.132. The van der Waals surface area contributed by atoms with Gasteiger partial charge < -0.3 is 9.64 Å². The zero-order chi connectivity index (χ0) is 15.1. The van der Waals surface area contributed by atoms with Crippen LogP contribution in [0.1, 0.15) is 45.4 Å². The highest BCUT2D eigenvalue weighted by atomic mass is 16.5. The molecule has 3 heteroatoms. The van der Waals surface area contributed by atoms with Crippen molar-refractivity contribution in [3.63, 3.8) is 0 Å². The van der Waals surface area contributed by atoms with Crippen LogP contribution in [0.15, 0.2) is 30.3 Å². The molecule has 0 atom stereocenters. The number of hydrogen-bond donors (Lipinski definition) is 0. The van der Waals surface area contributed by atoms with Crippen LogP contribution < -0.4 is 4.74 Å². The van der Waals surface area contributed by atoms with Gasteiger partial charge in [-0.05, 0) is 50.2 Å². The third-order valence-electron chi connectivity index (χ3n) is 4.47. The first kappa shape index (κ1) is 15.9. The Balaban J connectivity index is 1.64. The van der Waals surface area contributed by atoms with Gasteiger partial charge in [-0.15, -0.1) is 0 Å². The molecule has 1 amide bonds. The molecule has 0 aliphatic heterocycles. The van der Waals surface area contributed by atoms with E-state index >= 15 is 0 Å². The predicted molar refractivity (Wildman–Crippen MR) is 85.4 cm³/mol. The van der Waals surface area contributed by atoms with E-state index in [1.165, 1.54) is 12.8 Å². The fraction of sp³-hybridized carbons (Fsp3) is 0.611. The van der Waals surface area contributed by atoms with E-state index < -0.39 is 0 Å². The Bertz CT molecular complexity index is 424. The smallest absolute Gasteiger partial charge is 0.222 e. The average Bonchev–Trinajstić information content (AvgIpc) is 2.52. The Labute approximate surface area is 128 Å². The number of rotatable bonds is 6. The van der Waals surface area contributed by atoms with Crippen molar-refractivity contribution < 1.29 is 9.53 Å². The van der Waals surface area contributed by atoms with E-state index in [0.717, 1.165) is 30.9 Å². The van der Waals surface area contributed by atoms with E-state index in [1.807, 2.05) is 42.3 Å². The van der Waals surface area contributed by atoms with E-state index in [1.54, 1.807) is 0 Å². The Kier molecular flexibility index (Phi) is 6.09. The summed E-state index contributed by atoms with van der Waals surface area (Å²) in [6.07, 6.45) is 6.17. The van der Waals surface area contributed by atoms with Gasteiger partial charge in [-0.1, -0.05) is 25.1 Å². The number of amides is 1. The number of carbonyl (C=O) groups excluding carboxylic acids is 1. The van der Waals surface area contributed by atoms with Crippen LogP contribution in [0, 0.1) is 5.92 Å². The van der Waals surface area contributed by atoms with Crippen LogP contribution in [0.25, 0.3) is 0 Å². The summed E-state index contributed by atoms with van der Waals surface area (Å²) in [6.45, 7) is 2.91. The van der Waals surface area contributed by atoms with Crippen molar-refractivity contribution in [1.82, 2.24) is 4.90 Å². The molecule has 0 bridgehead atoms. The zero-order valence-electron chi connectivity index (χ0n) is 13.3. The third kappa shape index (κ3) is 5.07. The average molecular weight is 289 g/mol. The summed E-state index contributed by atoms with van der Waals surface area (Å²) in [5.74, 6) is 1.95. The first-order valence-corrected chi connectivity index (χ1v) is 8.10. The van der Waals surface area contributed by atoms with Crippen LogP contribution in [0.2, 0.25) is 0 Å². The molecule has 1 aliphatic rings. The number of benzene rings is 1. The molecule has 1 fully saturated rings. The molecule has 21 heavy (non-hydrogen) atoms. The highest BCUT2D eigenvalue weighted by Gasteiger charge is 2.24. The maximum absolute atomic E-state index is 12.2. The monoisotopic (exact) mass is 289 g/mol. The maximum atomic E-state index is 12.2. The van der Waals surface area contributed by atoms with Crippen LogP contribution in [0.3, 0.4) is 0 Å². The second-order valence-corrected chi connectivity index (χ2v) is 6.18. The van der Waals surface area contributed by atoms with Gasteiger partial charge in [0.25, 0.3) is 0 Å². The van der Waals surface area contributed by atoms with E-state index in [2.05, 4.69) is 6.92 Å². The molecule has 1 aliphatic carbocycles. The number of para-hydroxylation sites is 1. The molecule has 0 N–H and O–H groups in total. The molecule has 3 nitrogen and oxygen atoms in total. The minimum Gasteiger partial charge on any atom is -0.494 e. The van der Waals surface area contributed by atoms with Crippen LogP contribution in [0.5, 0.6) is 5.75 Å². The van der Waals surface area contributed by atoms with Gasteiger partial charge in [-0.25, -0.2) is 0 Å². The van der Waals surface area contributed by atoms with Crippen molar-refractivity contribution in [3.05, 3.63) is 30.3 Å². The second-order valence-electron chi connectivity index (χ2n) is 6.18. The van der Waals surface area contributed by atoms with Gasteiger partial charge in [-0.2, -0.15) is 0 Å². The number of carbonyl (C=O) groups is 1. The molecule has 0 aromatic heterocycles. The van der Waals surface area contributed by atoms with Crippen molar-refractivity contribution in [3.8, 4) is 5.75 Å². The van der Waals surface area contributed by atoms with Gasteiger partial charge in [-0.3, -0.25) is 4.79 Å². The van der Waals surface area contributed by atoms with Gasteiger partial charge in [0.15, 0.2) is 0 Å². The maximum Gasteiger partial charge on any atom is 0.222 e. The summed E-state index contributed by atoms with van der Waals surface area (Å²) in [7, 11) is 1.96. The van der Waals surface area contributed by atoms with E-state index in [0.29, 0.717) is 19.1 Å². The standard InChI is InChI=1S/C18H27NO2/c1-15-10-12-16(13-11-15)19(2)18(20)9-6-14-21-17-7-4-3-5-8-17/h3-5,7-8,15-16H,6,9-14H2,1-2H3. The molecule has 0 spiro atoms. The van der Waals surface area contributed by atoms with Crippen molar-refractivity contribution in [2.24, 2.45) is 5.92 Å². The summed E-state index contributed by atoms with van der Waals surface area (Å²) in [5.41, 5.74) is 0. The minimum atomic E-state index is 0.256. The Hall–Kier alpha value is -1.51. The van der Waals surface area contributed by atoms with E-state index in [9.17, 15) is 4.79 Å². The number of ether oxygens (including phenoxy) is 1. The van der Waals surface area contributed by atoms with Crippen molar-refractivity contribution >= 4 is 5.91 Å². The Morgan fingerprint density at radius 3 is 2.52 bits per heavy atom. The molecule has 116 valence electrons. The van der Waals surface area contributed by atoms with Gasteiger partial charge in [0, 0.05) is 19.5 Å². The molecular weight excluding hydrogens is 262 g/mol. The number of hydrogen-bond acceptors (Lipinski definition) is 2. The topological polar surface area (TPSA) is 29.5 Å². The zero-order valence-corrected chi connectivity index (χ0v) is 13.3. The Morgan fingerprint density at radius 2 is 1.86 bits per heavy atom. The molecular formula is C18H27NO2. The van der Waals surface area contributed by atoms with Crippen LogP contribution in [0.4, 0.5) is 0 Å². The van der Waals surface area contributed by atoms with Crippen molar-refractivity contribution in [1.29, 1.82) is 0 Å². The molecule has 2 rings (SSSR count). The normalized spacial score (nSPS) is 21.8. The second kappa shape index (κ2) is 8.06. The third-order valence-corrected chi connectivity index (χ3v) is 4.47. The van der Waals surface area contributed by atoms with Crippen LogP contribution in [-0.4, -0.2) is 30.5 Å². The summed E-state index contributed by atoms with van der Waals surface area (Å²) >= 11 is 0. The van der Waals surface area contributed by atoms with Gasteiger partial charge in [0.05, 0.1) is 6.61 Å². The van der Waals surface area contributed by atoms with Crippen molar-refractivity contribution in [2.75, 3.05) is 13.7 Å². The summed E-state index contributed by atoms with van der Waals surface area (Å²) < 4.78 is 5.62. The molecule has 0 saturated heterocycles. The number of nitrogens with zero attached hydrogens (tertiary/aromatic N) is 1. The lowest BCUT2D eigenvalue weighted by Gasteiger charge is -2.33. The predicted octanol–water partition coefficient (Wildman–Crippen LogP) is 3.88. The largest absolute Gasteiger partial charge is 0.494 e. The summed E-state index contributed by atoms with van der Waals surface area (Å²) in [4.78, 5) is 14.2. The van der Waals surface area contributed by atoms with E-state index in [-0.39, 0.29) is 5.91 Å². The molecule has 0 heterocycles. The van der Waals surface area contributed by atoms with Gasteiger partial charge >= 0.3 is 0 Å². The van der Waals surface area contributed by atoms with Crippen LogP contribution in [-0.2, 0) is 4.79 Å². The van der Waals surface area contributed by atoms with Gasteiger partial charge in [0.1, 0.15) is 5.75 Å². The Morgan fingerprint density at radius 1 is 1.19 bits per heavy atom. The molecule has 1 aromatic carbocycles. The first-order valence-electron chi connectivity index (χ1n) is 8.10. The summed E-state index contributed by atoms with van der Waals surface area (Å²) in [6, 6.07) is 10.2. The fourth-order valence-corrected chi connectivity index (χ4v) is 2.94. The first-order chi connectivity index (χ1) is 10.2. The quantitative estimate of drug-likeness (QED) is 0.744. The lowest BCUT2D eigenvalue weighted by Crippen LogP contribution is -2.39. The minimum absolute atomic E-state index is 0.256. The summed E-state index contributed by atoms with van der Waals surface area (Å²) in [5, 5.41) is 0. The highest BCUT2D eigenvalue weighted by molar-refractivity contribution is 5.76. The molecule has 0 radical (unpaired) electrons. The fourth-order valence-electron chi connectivity index (χ4n) is 2.94. The van der Waals surface area contributed by atoms with Gasteiger partial charge in [0.2, 0.25) is 5.91 Å². The molecule has 0 unspecified atom stereocenters. The molecule has 1 aromatic rings.